The van der Waals surface area contributed by atoms with E-state index in [0.717, 1.165) is 5.56 Å². The van der Waals surface area contributed by atoms with E-state index in [2.05, 4.69) is 243 Å². The molecule has 0 fully saturated rings. The van der Waals surface area contributed by atoms with E-state index in [1.165, 1.54) is 105 Å². The molecule has 60 heavy (non-hydrogen) atoms. The fourth-order valence-electron chi connectivity index (χ4n) is 9.36. The number of hydrogen-bond acceptors (Lipinski definition) is 0. The molecule has 0 saturated heterocycles. The Labute approximate surface area is 351 Å². The fraction of sp³-hybridized carbons (Fsp3) is 0. The van der Waals surface area contributed by atoms with Crippen LogP contribution in [0.25, 0.3) is 111 Å². The van der Waals surface area contributed by atoms with Gasteiger partial charge < -0.3 is 0 Å². The molecule has 0 saturated carbocycles. The minimum atomic E-state index is 1.15. The highest BCUT2D eigenvalue weighted by atomic mass is 14.3. The monoisotopic (exact) mass is 760 g/mol. The van der Waals surface area contributed by atoms with Crippen LogP contribution >= 0.6 is 0 Å². The van der Waals surface area contributed by atoms with Crippen LogP contribution in [0.5, 0.6) is 0 Å². The van der Waals surface area contributed by atoms with Gasteiger partial charge in [0, 0.05) is 0 Å². The molecule has 11 aromatic carbocycles. The summed E-state index contributed by atoms with van der Waals surface area (Å²) in [4.78, 5) is 0. The van der Waals surface area contributed by atoms with Crippen molar-refractivity contribution >= 4 is 44.5 Å². The molecule has 0 aliphatic heterocycles. The quantitative estimate of drug-likeness (QED) is 0.107. The molecule has 0 aliphatic carbocycles. The Morgan fingerprint density at radius 2 is 0.550 bits per heavy atom. The summed E-state index contributed by atoms with van der Waals surface area (Å²) in [5.41, 5.74) is 16.8. The van der Waals surface area contributed by atoms with Crippen LogP contribution in [0.1, 0.15) is 11.1 Å². The summed E-state index contributed by atoms with van der Waals surface area (Å²) in [6, 6.07) is 84.2. The summed E-state index contributed by atoms with van der Waals surface area (Å²) < 4.78 is 0. The van der Waals surface area contributed by atoms with Gasteiger partial charge in [-0.1, -0.05) is 243 Å². The van der Waals surface area contributed by atoms with Crippen LogP contribution in [0.4, 0.5) is 0 Å². The van der Waals surface area contributed by atoms with Gasteiger partial charge in [-0.25, -0.2) is 0 Å². The predicted octanol–water partition coefficient (Wildman–Crippen LogP) is 16.8. The predicted molar refractivity (Wildman–Crippen MR) is 258 cm³/mol. The van der Waals surface area contributed by atoms with E-state index < -0.39 is 0 Å². The molecule has 0 aliphatic rings. The second-order valence-corrected chi connectivity index (χ2v) is 15.5. The van der Waals surface area contributed by atoms with Gasteiger partial charge in [0.15, 0.2) is 0 Å². The highest BCUT2D eigenvalue weighted by molar-refractivity contribution is 6.24. The Balaban J connectivity index is 1.17. The lowest BCUT2D eigenvalue weighted by molar-refractivity contribution is 1.51. The lowest BCUT2D eigenvalue weighted by Crippen LogP contribution is -2.02. The molecule has 0 N–H and O–H groups in total. The van der Waals surface area contributed by atoms with Crippen molar-refractivity contribution < 1.29 is 0 Å². The molecular weight excluding hydrogens is 721 g/mol. The Morgan fingerprint density at radius 3 is 0.950 bits per heavy atom. The molecular formula is C60H40. The molecule has 0 amide bonds. The highest BCUT2D eigenvalue weighted by Crippen LogP contribution is 2.55. The number of hydrogen-bond donors (Lipinski definition) is 0. The average molecular weight is 761 g/mol. The summed E-state index contributed by atoms with van der Waals surface area (Å²) in [5.74, 6) is 0. The molecule has 11 rings (SSSR count). The van der Waals surface area contributed by atoms with Crippen LogP contribution < -0.4 is 0 Å². The Hall–Kier alpha value is -7.80. The van der Waals surface area contributed by atoms with E-state index in [4.69, 9.17) is 0 Å². The molecule has 0 atom stereocenters. The minimum absolute atomic E-state index is 1.15. The molecule has 0 unspecified atom stereocenters. The Morgan fingerprint density at radius 1 is 0.217 bits per heavy atom. The minimum Gasteiger partial charge on any atom is -0.0622 e. The maximum absolute atomic E-state index is 2.32. The first kappa shape index (κ1) is 35.4. The van der Waals surface area contributed by atoms with Gasteiger partial charge >= 0.3 is 0 Å². The third-order valence-corrected chi connectivity index (χ3v) is 12.0. The Kier molecular flexibility index (Phi) is 8.95. The standard InChI is InChI=1S/C60H40/c1-6-17-43(18-7-1)55-56(44-19-8-2-9-20-44)58(46-23-12-4-13-24-46)60(59(47-25-14-5-15-26-47)57(55)45-21-10-3-11-22-45)51-33-30-41(31-34-51)29-32-42-35-36-50-38-37-48-27-16-28-49-39-40-52(42)54(50)53(48)49/h1-40H/b32-29+. The van der Waals surface area contributed by atoms with Gasteiger partial charge in [0.1, 0.15) is 0 Å². The zero-order chi connectivity index (χ0) is 39.8. The highest BCUT2D eigenvalue weighted by Gasteiger charge is 2.29. The summed E-state index contributed by atoms with van der Waals surface area (Å²) in [6.45, 7) is 0. The first-order chi connectivity index (χ1) is 29.8. The summed E-state index contributed by atoms with van der Waals surface area (Å²) in [7, 11) is 0. The lowest BCUT2D eigenvalue weighted by Gasteiger charge is -2.28. The van der Waals surface area contributed by atoms with Crippen molar-refractivity contribution in [3.63, 3.8) is 0 Å². The molecule has 0 heteroatoms. The molecule has 0 heterocycles. The van der Waals surface area contributed by atoms with Crippen molar-refractivity contribution in [3.05, 3.63) is 242 Å². The van der Waals surface area contributed by atoms with Crippen LogP contribution in [0.15, 0.2) is 231 Å². The number of benzene rings is 11. The van der Waals surface area contributed by atoms with E-state index >= 15 is 0 Å². The van der Waals surface area contributed by atoms with Crippen molar-refractivity contribution in [2.45, 2.75) is 0 Å². The molecule has 11 aromatic rings. The first-order valence-corrected chi connectivity index (χ1v) is 20.8. The van der Waals surface area contributed by atoms with E-state index in [-0.39, 0.29) is 0 Å². The van der Waals surface area contributed by atoms with Gasteiger partial charge in [-0.2, -0.15) is 0 Å². The topological polar surface area (TPSA) is 0 Å². The molecule has 280 valence electrons. The van der Waals surface area contributed by atoms with Crippen LogP contribution in [-0.4, -0.2) is 0 Å². The molecule has 0 spiro atoms. The van der Waals surface area contributed by atoms with Gasteiger partial charge in [-0.15, -0.1) is 0 Å². The second kappa shape index (κ2) is 15.2. The van der Waals surface area contributed by atoms with Gasteiger partial charge in [0.25, 0.3) is 0 Å². The fourth-order valence-corrected chi connectivity index (χ4v) is 9.36. The van der Waals surface area contributed by atoms with Gasteiger partial charge in [0.2, 0.25) is 0 Å². The van der Waals surface area contributed by atoms with Crippen molar-refractivity contribution in [3.8, 4) is 66.8 Å². The van der Waals surface area contributed by atoms with Crippen LogP contribution in [-0.2, 0) is 0 Å². The molecule has 0 aromatic heterocycles. The summed E-state index contributed by atoms with van der Waals surface area (Å²) in [6.07, 6.45) is 4.54. The van der Waals surface area contributed by atoms with Gasteiger partial charge in [-0.3, -0.25) is 0 Å². The Bertz CT molecular complexity index is 3170. The zero-order valence-corrected chi connectivity index (χ0v) is 33.1. The van der Waals surface area contributed by atoms with Crippen molar-refractivity contribution in [2.24, 2.45) is 0 Å². The van der Waals surface area contributed by atoms with Crippen molar-refractivity contribution in [1.82, 2.24) is 0 Å². The smallest absolute Gasteiger partial charge is 0.00139 e. The number of rotatable bonds is 8. The third-order valence-electron chi connectivity index (χ3n) is 12.0. The van der Waals surface area contributed by atoms with Crippen LogP contribution in [0, 0.1) is 0 Å². The van der Waals surface area contributed by atoms with Crippen LogP contribution in [0.2, 0.25) is 0 Å². The van der Waals surface area contributed by atoms with Crippen molar-refractivity contribution in [1.29, 1.82) is 0 Å². The zero-order valence-electron chi connectivity index (χ0n) is 33.1. The molecule has 0 bridgehead atoms. The maximum atomic E-state index is 2.32. The van der Waals surface area contributed by atoms with E-state index in [9.17, 15) is 0 Å². The second-order valence-electron chi connectivity index (χ2n) is 15.5. The largest absolute Gasteiger partial charge is 0.0622 e. The first-order valence-electron chi connectivity index (χ1n) is 20.8. The van der Waals surface area contributed by atoms with E-state index in [1.54, 1.807) is 0 Å². The van der Waals surface area contributed by atoms with Gasteiger partial charge in [0.05, 0.1) is 0 Å². The molecule has 0 nitrogen and oxygen atoms in total. The summed E-state index contributed by atoms with van der Waals surface area (Å²) in [5, 5.41) is 7.82. The maximum Gasteiger partial charge on any atom is -0.00139 e. The van der Waals surface area contributed by atoms with E-state index in [0.29, 0.717) is 0 Å². The van der Waals surface area contributed by atoms with Crippen molar-refractivity contribution in [2.75, 3.05) is 0 Å². The normalized spacial score (nSPS) is 11.6. The average Bonchev–Trinajstić information content (AvgIpc) is 3.33. The SMILES string of the molecule is C(=C\c1ccc2ccc3cccc4ccc1c2c34)/c1ccc(-c2c(-c3ccccc3)c(-c3ccccc3)c(-c3ccccc3)c(-c3ccccc3)c2-c2ccccc2)cc1. The third kappa shape index (κ3) is 6.18. The van der Waals surface area contributed by atoms with Gasteiger partial charge in [-0.05, 0) is 110 Å². The lowest BCUT2D eigenvalue weighted by atomic mass is 9.74. The summed E-state index contributed by atoms with van der Waals surface area (Å²) >= 11 is 0. The molecule has 0 radical (unpaired) electrons. The van der Waals surface area contributed by atoms with E-state index in [1.807, 2.05) is 0 Å². The van der Waals surface area contributed by atoms with Crippen LogP contribution in [0.3, 0.4) is 0 Å².